The quantitative estimate of drug-likeness (QED) is 0.549. The second-order valence-electron chi connectivity index (χ2n) is 7.75. The van der Waals surface area contributed by atoms with Crippen LogP contribution in [0.2, 0.25) is 0 Å². The molecule has 1 aliphatic rings. The number of carbonyl (C=O) groups excluding carboxylic acids is 3. The van der Waals surface area contributed by atoms with E-state index in [-0.39, 0.29) is 24.2 Å². The van der Waals surface area contributed by atoms with E-state index in [1.807, 2.05) is 39.0 Å². The Morgan fingerprint density at radius 2 is 1.87 bits per heavy atom. The van der Waals surface area contributed by atoms with Gasteiger partial charge in [-0.15, -0.1) is 0 Å². The van der Waals surface area contributed by atoms with E-state index in [0.717, 1.165) is 29.7 Å². The van der Waals surface area contributed by atoms with Crippen LogP contribution in [-0.2, 0) is 14.3 Å². The number of rotatable bonds is 7. The molecule has 0 spiro atoms. The first-order valence-corrected chi connectivity index (χ1v) is 10.3. The molecule has 1 heterocycles. The SMILES string of the molecule is CCCCOC(=O)c1ccc(NC(=O)[C@@H]2CC(=O)N(c3cc(C)ccc3C)C2)cc1. The Hall–Kier alpha value is -3.15. The number of hydrogen-bond donors (Lipinski definition) is 1. The van der Waals surface area contributed by atoms with E-state index in [1.54, 1.807) is 29.2 Å². The molecule has 0 aromatic heterocycles. The van der Waals surface area contributed by atoms with Crippen LogP contribution in [-0.4, -0.2) is 30.9 Å². The summed E-state index contributed by atoms with van der Waals surface area (Å²) in [5, 5.41) is 2.85. The van der Waals surface area contributed by atoms with Gasteiger partial charge in [0, 0.05) is 24.3 Å². The molecule has 0 aliphatic carbocycles. The summed E-state index contributed by atoms with van der Waals surface area (Å²) >= 11 is 0. The number of esters is 1. The number of ether oxygens (including phenoxy) is 1. The normalized spacial score (nSPS) is 15.9. The number of anilines is 2. The van der Waals surface area contributed by atoms with Gasteiger partial charge in [0.2, 0.25) is 11.8 Å². The smallest absolute Gasteiger partial charge is 0.338 e. The highest BCUT2D eigenvalue weighted by Gasteiger charge is 2.35. The van der Waals surface area contributed by atoms with Gasteiger partial charge in [0.25, 0.3) is 0 Å². The summed E-state index contributed by atoms with van der Waals surface area (Å²) in [4.78, 5) is 38.9. The number of carbonyl (C=O) groups is 3. The zero-order valence-electron chi connectivity index (χ0n) is 17.7. The maximum absolute atomic E-state index is 12.7. The van der Waals surface area contributed by atoms with Crippen molar-refractivity contribution in [3.63, 3.8) is 0 Å². The van der Waals surface area contributed by atoms with Crippen molar-refractivity contribution in [2.45, 2.75) is 40.0 Å². The Balaban J connectivity index is 1.60. The van der Waals surface area contributed by atoms with E-state index in [1.165, 1.54) is 0 Å². The topological polar surface area (TPSA) is 75.7 Å². The van der Waals surface area contributed by atoms with Crippen molar-refractivity contribution in [3.05, 3.63) is 59.2 Å². The number of benzene rings is 2. The van der Waals surface area contributed by atoms with E-state index < -0.39 is 5.92 Å². The fourth-order valence-electron chi connectivity index (χ4n) is 3.45. The lowest BCUT2D eigenvalue weighted by molar-refractivity contribution is -0.122. The van der Waals surface area contributed by atoms with Crippen LogP contribution in [0.1, 0.15) is 47.7 Å². The molecule has 158 valence electrons. The van der Waals surface area contributed by atoms with E-state index in [2.05, 4.69) is 5.32 Å². The average molecular weight is 408 g/mol. The van der Waals surface area contributed by atoms with Crippen molar-refractivity contribution in [1.29, 1.82) is 0 Å². The zero-order valence-corrected chi connectivity index (χ0v) is 17.7. The van der Waals surface area contributed by atoms with Gasteiger partial charge >= 0.3 is 5.97 Å². The third-order valence-electron chi connectivity index (χ3n) is 5.27. The highest BCUT2D eigenvalue weighted by molar-refractivity contribution is 6.04. The van der Waals surface area contributed by atoms with Crippen LogP contribution >= 0.6 is 0 Å². The van der Waals surface area contributed by atoms with Crippen LogP contribution < -0.4 is 10.2 Å². The van der Waals surface area contributed by atoms with Crippen molar-refractivity contribution in [2.24, 2.45) is 5.92 Å². The van der Waals surface area contributed by atoms with Gasteiger partial charge in [-0.1, -0.05) is 25.5 Å². The van der Waals surface area contributed by atoms with E-state index in [0.29, 0.717) is 24.4 Å². The van der Waals surface area contributed by atoms with Crippen molar-refractivity contribution in [3.8, 4) is 0 Å². The molecular weight excluding hydrogens is 380 g/mol. The van der Waals surface area contributed by atoms with Crippen LogP contribution in [0, 0.1) is 19.8 Å². The summed E-state index contributed by atoms with van der Waals surface area (Å²) in [5.74, 6) is -1.04. The molecule has 2 aromatic rings. The van der Waals surface area contributed by atoms with Crippen LogP contribution in [0.25, 0.3) is 0 Å². The van der Waals surface area contributed by atoms with Crippen LogP contribution in [0.3, 0.4) is 0 Å². The third kappa shape index (κ3) is 5.06. The number of nitrogens with zero attached hydrogens (tertiary/aromatic N) is 1. The molecule has 3 rings (SSSR count). The van der Waals surface area contributed by atoms with Gasteiger partial charge in [0.05, 0.1) is 18.1 Å². The average Bonchev–Trinajstić information content (AvgIpc) is 3.12. The van der Waals surface area contributed by atoms with E-state index in [4.69, 9.17) is 4.74 Å². The van der Waals surface area contributed by atoms with Crippen molar-refractivity contribution < 1.29 is 19.1 Å². The molecule has 1 N–H and O–H groups in total. The lowest BCUT2D eigenvalue weighted by Gasteiger charge is -2.19. The predicted octanol–water partition coefficient (Wildman–Crippen LogP) is 4.25. The van der Waals surface area contributed by atoms with Crippen molar-refractivity contribution >= 4 is 29.2 Å². The maximum atomic E-state index is 12.7. The standard InChI is InChI=1S/C24H28N2O4/c1-4-5-12-30-24(29)18-8-10-20(11-9-18)25-23(28)19-14-22(27)26(15-19)21-13-16(2)6-7-17(21)3/h6-11,13,19H,4-5,12,14-15H2,1-3H3,(H,25,28)/t19-/m1/s1. The molecule has 0 radical (unpaired) electrons. The Labute approximate surface area is 177 Å². The maximum Gasteiger partial charge on any atom is 0.338 e. The minimum absolute atomic E-state index is 0.0472. The summed E-state index contributed by atoms with van der Waals surface area (Å²) < 4.78 is 5.19. The molecule has 0 saturated carbocycles. The second kappa shape index (κ2) is 9.57. The van der Waals surface area contributed by atoms with Crippen LogP contribution in [0.4, 0.5) is 11.4 Å². The molecule has 2 amide bonds. The second-order valence-corrected chi connectivity index (χ2v) is 7.75. The molecule has 0 unspecified atom stereocenters. The fraction of sp³-hybridized carbons (Fsp3) is 0.375. The molecule has 1 aliphatic heterocycles. The first-order valence-electron chi connectivity index (χ1n) is 10.3. The zero-order chi connectivity index (χ0) is 21.7. The molecule has 1 saturated heterocycles. The van der Waals surface area contributed by atoms with Gasteiger partial charge < -0.3 is 15.0 Å². The van der Waals surface area contributed by atoms with Gasteiger partial charge in [-0.25, -0.2) is 4.79 Å². The molecule has 6 nitrogen and oxygen atoms in total. The molecule has 2 aromatic carbocycles. The van der Waals surface area contributed by atoms with Crippen LogP contribution in [0.5, 0.6) is 0 Å². The number of unbranched alkanes of at least 4 members (excludes halogenated alkanes) is 1. The summed E-state index contributed by atoms with van der Waals surface area (Å²) in [5.41, 5.74) is 3.98. The third-order valence-corrected chi connectivity index (χ3v) is 5.27. The molecule has 1 fully saturated rings. The first-order chi connectivity index (χ1) is 14.4. The summed E-state index contributed by atoms with van der Waals surface area (Å²) in [7, 11) is 0. The van der Waals surface area contributed by atoms with Crippen LogP contribution in [0.15, 0.2) is 42.5 Å². The minimum Gasteiger partial charge on any atom is -0.462 e. The highest BCUT2D eigenvalue weighted by Crippen LogP contribution is 2.29. The van der Waals surface area contributed by atoms with E-state index in [9.17, 15) is 14.4 Å². The van der Waals surface area contributed by atoms with Crippen molar-refractivity contribution in [2.75, 3.05) is 23.4 Å². The molecule has 1 atom stereocenters. The number of nitrogens with one attached hydrogen (secondary N) is 1. The summed E-state index contributed by atoms with van der Waals surface area (Å²) in [6.07, 6.45) is 1.98. The van der Waals surface area contributed by atoms with Gasteiger partial charge in [-0.2, -0.15) is 0 Å². The fourth-order valence-corrected chi connectivity index (χ4v) is 3.45. The minimum atomic E-state index is -0.420. The van der Waals surface area contributed by atoms with Gasteiger partial charge in [-0.05, 0) is 61.7 Å². The Morgan fingerprint density at radius 1 is 1.13 bits per heavy atom. The highest BCUT2D eigenvalue weighted by atomic mass is 16.5. The predicted molar refractivity (Wildman–Crippen MR) is 117 cm³/mol. The molecule has 0 bridgehead atoms. The van der Waals surface area contributed by atoms with E-state index >= 15 is 0 Å². The Morgan fingerprint density at radius 3 is 2.57 bits per heavy atom. The summed E-state index contributed by atoms with van der Waals surface area (Å²) in [6, 6.07) is 12.6. The first kappa shape index (κ1) is 21.6. The number of amides is 2. The Kier molecular flexibility index (Phi) is 6.87. The lowest BCUT2D eigenvalue weighted by atomic mass is 10.1. The largest absolute Gasteiger partial charge is 0.462 e. The molecular formula is C24H28N2O4. The molecule has 6 heteroatoms. The van der Waals surface area contributed by atoms with Crippen molar-refractivity contribution in [1.82, 2.24) is 0 Å². The monoisotopic (exact) mass is 408 g/mol. The van der Waals surface area contributed by atoms with Gasteiger partial charge in [-0.3, -0.25) is 9.59 Å². The number of aryl methyl sites for hydroxylation is 2. The van der Waals surface area contributed by atoms with Gasteiger partial charge in [0.1, 0.15) is 0 Å². The number of hydrogen-bond acceptors (Lipinski definition) is 4. The molecule has 30 heavy (non-hydrogen) atoms. The summed E-state index contributed by atoms with van der Waals surface area (Å²) in [6.45, 7) is 6.74. The van der Waals surface area contributed by atoms with Gasteiger partial charge in [0.15, 0.2) is 0 Å². The lowest BCUT2D eigenvalue weighted by Crippen LogP contribution is -2.28. The Bertz CT molecular complexity index is 937.